The van der Waals surface area contributed by atoms with Crippen molar-refractivity contribution in [3.8, 4) is 11.5 Å². The van der Waals surface area contributed by atoms with Crippen molar-refractivity contribution in [2.75, 3.05) is 48.1 Å². The number of rotatable bonds is 11. The number of nitrogens with zero attached hydrogens (tertiary/aromatic N) is 1. The van der Waals surface area contributed by atoms with Crippen LogP contribution < -0.4 is 20.1 Å². The number of guanidine groups is 1. The van der Waals surface area contributed by atoms with E-state index in [1.54, 1.807) is 21.3 Å². The summed E-state index contributed by atoms with van der Waals surface area (Å²) < 4.78 is 16.1. The molecule has 0 saturated heterocycles. The van der Waals surface area contributed by atoms with Crippen LogP contribution in [-0.4, -0.2) is 54.0 Å². The SMILES string of the molecule is CN=C(NCCCCCOC)NCC1(c2ccc(OC)c(OC)c2)CCCCC1. The van der Waals surface area contributed by atoms with Gasteiger partial charge < -0.3 is 24.8 Å². The molecule has 2 rings (SSSR count). The lowest BCUT2D eigenvalue weighted by atomic mass is 9.69. The summed E-state index contributed by atoms with van der Waals surface area (Å²) in [5.41, 5.74) is 1.41. The van der Waals surface area contributed by atoms with Gasteiger partial charge in [-0.05, 0) is 49.8 Å². The second kappa shape index (κ2) is 12.6. The number of hydrogen-bond donors (Lipinski definition) is 2. The van der Waals surface area contributed by atoms with E-state index in [4.69, 9.17) is 14.2 Å². The lowest BCUT2D eigenvalue weighted by Crippen LogP contribution is -2.46. The summed E-state index contributed by atoms with van der Waals surface area (Å²) in [4.78, 5) is 4.42. The summed E-state index contributed by atoms with van der Waals surface area (Å²) in [6.07, 6.45) is 9.53. The molecule has 2 N–H and O–H groups in total. The molecule has 1 saturated carbocycles. The molecule has 0 radical (unpaired) electrons. The van der Waals surface area contributed by atoms with E-state index >= 15 is 0 Å². The van der Waals surface area contributed by atoms with Crippen LogP contribution in [0, 0.1) is 0 Å². The van der Waals surface area contributed by atoms with Crippen LogP contribution >= 0.6 is 0 Å². The first kappa shape index (κ1) is 23.3. The Bertz CT molecular complexity index is 628. The molecule has 0 spiro atoms. The molecule has 0 atom stereocenters. The van der Waals surface area contributed by atoms with Gasteiger partial charge in [-0.25, -0.2) is 0 Å². The van der Waals surface area contributed by atoms with Crippen molar-refractivity contribution in [3.63, 3.8) is 0 Å². The van der Waals surface area contributed by atoms with Crippen LogP contribution in [0.25, 0.3) is 0 Å². The summed E-state index contributed by atoms with van der Waals surface area (Å²) in [6, 6.07) is 6.37. The topological polar surface area (TPSA) is 64.1 Å². The largest absolute Gasteiger partial charge is 0.493 e. The van der Waals surface area contributed by atoms with Gasteiger partial charge in [0, 0.05) is 39.3 Å². The molecular formula is C23H39N3O3. The molecule has 0 bridgehead atoms. The number of hydrogen-bond acceptors (Lipinski definition) is 4. The van der Waals surface area contributed by atoms with E-state index < -0.39 is 0 Å². The predicted molar refractivity (Wildman–Crippen MR) is 119 cm³/mol. The smallest absolute Gasteiger partial charge is 0.191 e. The average Bonchev–Trinajstić information content (AvgIpc) is 2.78. The fraction of sp³-hybridized carbons (Fsp3) is 0.696. The lowest BCUT2D eigenvalue weighted by Gasteiger charge is -2.38. The number of unbranched alkanes of at least 4 members (excludes halogenated alkanes) is 2. The highest BCUT2D eigenvalue weighted by Gasteiger charge is 2.34. The number of ether oxygens (including phenoxy) is 3. The fourth-order valence-corrected chi connectivity index (χ4v) is 4.19. The molecule has 0 amide bonds. The zero-order valence-corrected chi connectivity index (χ0v) is 18.7. The normalized spacial score (nSPS) is 16.3. The Balaban J connectivity index is 2.01. The van der Waals surface area contributed by atoms with E-state index in [0.29, 0.717) is 0 Å². The molecule has 1 aromatic rings. The third-order valence-corrected chi connectivity index (χ3v) is 5.94. The number of aliphatic imine (C=N–C) groups is 1. The highest BCUT2D eigenvalue weighted by Crippen LogP contribution is 2.42. The van der Waals surface area contributed by atoms with Crippen LogP contribution in [0.5, 0.6) is 11.5 Å². The number of nitrogens with one attached hydrogen (secondary N) is 2. The third-order valence-electron chi connectivity index (χ3n) is 5.94. The Morgan fingerprint density at radius 2 is 1.72 bits per heavy atom. The zero-order chi connectivity index (χ0) is 21.0. The van der Waals surface area contributed by atoms with Crippen LogP contribution in [0.15, 0.2) is 23.2 Å². The molecule has 1 aliphatic carbocycles. The van der Waals surface area contributed by atoms with Gasteiger partial charge in [0.05, 0.1) is 14.2 Å². The summed E-state index contributed by atoms with van der Waals surface area (Å²) in [6.45, 7) is 2.62. The van der Waals surface area contributed by atoms with Gasteiger partial charge >= 0.3 is 0 Å². The first-order valence-electron chi connectivity index (χ1n) is 10.8. The van der Waals surface area contributed by atoms with Crippen molar-refractivity contribution < 1.29 is 14.2 Å². The zero-order valence-electron chi connectivity index (χ0n) is 18.7. The van der Waals surface area contributed by atoms with Crippen LogP contribution in [-0.2, 0) is 10.2 Å². The van der Waals surface area contributed by atoms with Gasteiger partial charge in [0.15, 0.2) is 17.5 Å². The standard InChI is InChI=1S/C23H39N3O3/c1-24-22(25-15-9-6-10-16-27-2)26-18-23(13-7-5-8-14-23)19-11-12-20(28-3)21(17-19)29-4/h11-12,17H,5-10,13-16,18H2,1-4H3,(H2,24,25,26). The highest BCUT2D eigenvalue weighted by atomic mass is 16.5. The van der Waals surface area contributed by atoms with Crippen molar-refractivity contribution in [1.82, 2.24) is 10.6 Å². The number of benzene rings is 1. The summed E-state index contributed by atoms with van der Waals surface area (Å²) in [5.74, 6) is 2.46. The van der Waals surface area contributed by atoms with E-state index in [9.17, 15) is 0 Å². The summed E-state index contributed by atoms with van der Waals surface area (Å²) >= 11 is 0. The first-order valence-corrected chi connectivity index (χ1v) is 10.8. The van der Waals surface area contributed by atoms with Crippen LogP contribution in [0.1, 0.15) is 56.9 Å². The van der Waals surface area contributed by atoms with Gasteiger partial charge in [-0.2, -0.15) is 0 Å². The van der Waals surface area contributed by atoms with E-state index in [2.05, 4.69) is 27.8 Å². The van der Waals surface area contributed by atoms with E-state index in [0.717, 1.165) is 56.4 Å². The Kier molecular flexibility index (Phi) is 10.1. The quantitative estimate of drug-likeness (QED) is 0.332. The maximum atomic E-state index is 5.56. The molecular weight excluding hydrogens is 366 g/mol. The van der Waals surface area contributed by atoms with E-state index in [1.165, 1.54) is 37.7 Å². The van der Waals surface area contributed by atoms with Gasteiger partial charge in [-0.3, -0.25) is 4.99 Å². The van der Waals surface area contributed by atoms with Gasteiger partial charge in [0.2, 0.25) is 0 Å². The van der Waals surface area contributed by atoms with Crippen LogP contribution in [0.3, 0.4) is 0 Å². The second-order valence-electron chi connectivity index (χ2n) is 7.82. The molecule has 1 aromatic carbocycles. The Morgan fingerprint density at radius 1 is 0.966 bits per heavy atom. The fourth-order valence-electron chi connectivity index (χ4n) is 4.19. The maximum absolute atomic E-state index is 5.56. The minimum Gasteiger partial charge on any atom is -0.493 e. The van der Waals surface area contributed by atoms with Crippen LogP contribution in [0.2, 0.25) is 0 Å². The Morgan fingerprint density at radius 3 is 2.38 bits per heavy atom. The van der Waals surface area contributed by atoms with E-state index in [1.807, 2.05) is 13.1 Å². The summed E-state index contributed by atoms with van der Waals surface area (Å²) in [5, 5.41) is 7.04. The second-order valence-corrected chi connectivity index (χ2v) is 7.82. The predicted octanol–water partition coefficient (Wildman–Crippen LogP) is 3.89. The van der Waals surface area contributed by atoms with E-state index in [-0.39, 0.29) is 5.41 Å². The molecule has 1 aliphatic rings. The molecule has 164 valence electrons. The molecule has 6 heteroatoms. The monoisotopic (exact) mass is 405 g/mol. The van der Waals surface area contributed by atoms with Crippen molar-refractivity contribution in [3.05, 3.63) is 23.8 Å². The van der Waals surface area contributed by atoms with Crippen molar-refractivity contribution in [2.24, 2.45) is 4.99 Å². The van der Waals surface area contributed by atoms with Gasteiger partial charge in [0.1, 0.15) is 0 Å². The van der Waals surface area contributed by atoms with Gasteiger partial charge in [-0.15, -0.1) is 0 Å². The van der Waals surface area contributed by atoms with Gasteiger partial charge in [0.25, 0.3) is 0 Å². The average molecular weight is 406 g/mol. The van der Waals surface area contributed by atoms with Crippen LogP contribution in [0.4, 0.5) is 0 Å². The van der Waals surface area contributed by atoms with Crippen molar-refractivity contribution in [1.29, 1.82) is 0 Å². The Hall–Kier alpha value is -1.95. The van der Waals surface area contributed by atoms with Gasteiger partial charge in [-0.1, -0.05) is 25.3 Å². The molecule has 6 nitrogen and oxygen atoms in total. The van der Waals surface area contributed by atoms with Crippen molar-refractivity contribution >= 4 is 5.96 Å². The molecule has 0 heterocycles. The van der Waals surface area contributed by atoms with Crippen molar-refractivity contribution in [2.45, 2.75) is 56.8 Å². The minimum absolute atomic E-state index is 0.0912. The highest BCUT2D eigenvalue weighted by molar-refractivity contribution is 5.79. The summed E-state index contributed by atoms with van der Waals surface area (Å²) in [7, 11) is 6.97. The number of methoxy groups -OCH3 is 3. The lowest BCUT2D eigenvalue weighted by molar-refractivity contribution is 0.192. The molecule has 0 unspecified atom stereocenters. The maximum Gasteiger partial charge on any atom is 0.191 e. The Labute approximate surface area is 176 Å². The molecule has 1 fully saturated rings. The third kappa shape index (κ3) is 6.81. The molecule has 29 heavy (non-hydrogen) atoms. The minimum atomic E-state index is 0.0912. The first-order chi connectivity index (χ1) is 14.2. The molecule has 0 aliphatic heterocycles. The molecule has 0 aromatic heterocycles.